The Hall–Kier alpha value is 0.599. The van der Waals surface area contributed by atoms with Gasteiger partial charge >= 0.3 is 113 Å². The summed E-state index contributed by atoms with van der Waals surface area (Å²) in [6.45, 7) is 0. The molecule has 0 aromatic heterocycles. The van der Waals surface area contributed by atoms with E-state index in [1.54, 1.807) is 0 Å². The smallest absolute Gasteiger partial charge is 0.550 e. The minimum Gasteiger partial charge on any atom is -0.550 e. The van der Waals surface area contributed by atoms with Gasteiger partial charge in [-0.25, -0.2) is 0 Å². The molecule has 0 saturated carbocycles. The van der Waals surface area contributed by atoms with Crippen LogP contribution in [0.1, 0.15) is 38.5 Å². The SMILES string of the molecule is O=C([O-])CCC(=O)[O-].O=C([O-])CCC(=O)[O-].O=C([O-])CCC(=O)[O-].[Ca+2].[Ca+2].[Ca+2]. The summed E-state index contributed by atoms with van der Waals surface area (Å²) in [5.41, 5.74) is 0. The number of carboxylic acids is 6. The first-order chi connectivity index (χ1) is 10.9. The zero-order valence-electron chi connectivity index (χ0n) is 14.3. The van der Waals surface area contributed by atoms with Crippen LogP contribution in [0.3, 0.4) is 0 Å². The molecule has 0 radical (unpaired) electrons. The molecule has 0 unspecified atom stereocenters. The zero-order chi connectivity index (χ0) is 19.7. The Bertz CT molecular complexity index is 358. The summed E-state index contributed by atoms with van der Waals surface area (Å²) in [5, 5.41) is 57.0. The molecule has 0 aliphatic carbocycles. The fraction of sp³-hybridized carbons (Fsp3) is 0.500. The van der Waals surface area contributed by atoms with E-state index in [1.807, 2.05) is 0 Å². The van der Waals surface area contributed by atoms with E-state index in [2.05, 4.69) is 0 Å². The Morgan fingerprint density at radius 3 is 0.444 bits per heavy atom. The van der Waals surface area contributed by atoms with E-state index in [4.69, 9.17) is 0 Å². The maximum absolute atomic E-state index is 9.50. The van der Waals surface area contributed by atoms with Crippen molar-refractivity contribution in [3.05, 3.63) is 0 Å². The van der Waals surface area contributed by atoms with Crippen molar-refractivity contribution < 1.29 is 59.4 Å². The third-order valence-electron chi connectivity index (χ3n) is 1.60. The van der Waals surface area contributed by atoms with Crippen LogP contribution in [0.15, 0.2) is 0 Å². The molecule has 0 spiro atoms. The fourth-order valence-corrected chi connectivity index (χ4v) is 0.612. The predicted octanol–water partition coefficient (Wildman–Crippen LogP) is -9.34. The number of rotatable bonds is 9. The minimum absolute atomic E-state index is 0. The van der Waals surface area contributed by atoms with Crippen LogP contribution < -0.4 is 30.6 Å². The Morgan fingerprint density at radius 1 is 0.333 bits per heavy atom. The third-order valence-corrected chi connectivity index (χ3v) is 1.60. The topological polar surface area (TPSA) is 241 Å². The van der Waals surface area contributed by atoms with Gasteiger partial charge in [0.2, 0.25) is 0 Å². The van der Waals surface area contributed by atoms with Crippen molar-refractivity contribution in [2.45, 2.75) is 38.5 Å². The number of carbonyl (C=O) groups is 6. The van der Waals surface area contributed by atoms with Gasteiger partial charge in [-0.1, -0.05) is 0 Å². The molecular weight excluding hydrogens is 456 g/mol. The maximum atomic E-state index is 9.50. The number of carboxylic acid groups (broad SMARTS) is 6. The molecule has 0 heterocycles. The van der Waals surface area contributed by atoms with Gasteiger partial charge in [-0.15, -0.1) is 0 Å². The van der Waals surface area contributed by atoms with Gasteiger partial charge in [0.15, 0.2) is 0 Å². The van der Waals surface area contributed by atoms with Gasteiger partial charge in [0, 0.05) is 35.8 Å². The molecule has 0 fully saturated rings. The van der Waals surface area contributed by atoms with Crippen molar-refractivity contribution in [2.75, 3.05) is 0 Å². The van der Waals surface area contributed by atoms with Crippen LogP contribution in [-0.2, 0) is 28.8 Å². The molecule has 0 N–H and O–H groups in total. The Labute approximate surface area is 243 Å². The molecule has 0 atom stereocenters. The normalized spacial score (nSPS) is 7.56. The first-order valence-electron chi connectivity index (χ1n) is 6.07. The van der Waals surface area contributed by atoms with E-state index in [0.717, 1.165) is 0 Å². The summed E-state index contributed by atoms with van der Waals surface area (Å²) in [7, 11) is 0. The van der Waals surface area contributed by atoms with Crippen LogP contribution in [0.4, 0.5) is 0 Å². The average Bonchev–Trinajstić information content (AvgIpc) is 2.42. The second-order valence-electron chi connectivity index (χ2n) is 3.73. The molecule has 27 heavy (non-hydrogen) atoms. The molecule has 0 aliphatic heterocycles. The summed E-state index contributed by atoms with van der Waals surface area (Å²) in [6, 6.07) is 0. The first kappa shape index (κ1) is 41.9. The fourth-order valence-electron chi connectivity index (χ4n) is 0.612. The summed E-state index contributed by atoms with van der Waals surface area (Å²) in [6.07, 6.45) is -2.82. The van der Waals surface area contributed by atoms with Gasteiger partial charge in [-0.2, -0.15) is 0 Å². The molecule has 138 valence electrons. The number of aliphatic carboxylic acids is 6. The molecule has 0 saturated heterocycles. The minimum atomic E-state index is -1.37. The molecule has 0 rings (SSSR count). The molecule has 0 aromatic carbocycles. The standard InChI is InChI=1S/3C4H6O4.3Ca/c3*5-3(6)1-2-4(7)8;;;/h3*1-2H2,(H,5,6)(H,7,8);;;/q;;;3*+2/p-6. The average molecular weight is 468 g/mol. The van der Waals surface area contributed by atoms with Crippen molar-refractivity contribution in [3.8, 4) is 0 Å². The van der Waals surface area contributed by atoms with Gasteiger partial charge in [-0.05, 0) is 38.5 Å². The molecular formula is C12H12Ca3O12. The molecule has 12 nitrogen and oxygen atoms in total. The van der Waals surface area contributed by atoms with E-state index in [1.165, 1.54) is 0 Å². The van der Waals surface area contributed by atoms with Crippen molar-refractivity contribution in [1.82, 2.24) is 0 Å². The van der Waals surface area contributed by atoms with Crippen LogP contribution in [0.5, 0.6) is 0 Å². The Kier molecular flexibility index (Phi) is 44.7. The van der Waals surface area contributed by atoms with Crippen molar-refractivity contribution >= 4 is 149 Å². The van der Waals surface area contributed by atoms with E-state index in [9.17, 15) is 59.4 Å². The maximum Gasteiger partial charge on any atom is 2.00 e. The van der Waals surface area contributed by atoms with Gasteiger partial charge in [0.25, 0.3) is 0 Å². The van der Waals surface area contributed by atoms with Crippen LogP contribution in [0, 0.1) is 0 Å². The molecule has 15 heteroatoms. The van der Waals surface area contributed by atoms with Crippen molar-refractivity contribution in [3.63, 3.8) is 0 Å². The van der Waals surface area contributed by atoms with Crippen LogP contribution >= 0.6 is 0 Å². The Balaban J connectivity index is -0.0000000580. The van der Waals surface area contributed by atoms with E-state index in [0.29, 0.717) is 0 Å². The van der Waals surface area contributed by atoms with E-state index >= 15 is 0 Å². The number of hydrogen-bond acceptors (Lipinski definition) is 12. The first-order valence-corrected chi connectivity index (χ1v) is 6.07. The van der Waals surface area contributed by atoms with Gasteiger partial charge in [-0.3, -0.25) is 0 Å². The summed E-state index contributed by atoms with van der Waals surface area (Å²) < 4.78 is 0. The summed E-state index contributed by atoms with van der Waals surface area (Å²) >= 11 is 0. The van der Waals surface area contributed by atoms with Crippen LogP contribution in [0.25, 0.3) is 0 Å². The van der Waals surface area contributed by atoms with E-state index < -0.39 is 74.3 Å². The quantitative estimate of drug-likeness (QED) is 0.286. The number of carbonyl (C=O) groups excluding carboxylic acids is 6. The Morgan fingerprint density at radius 2 is 0.407 bits per heavy atom. The molecule has 0 aliphatic rings. The molecule has 0 amide bonds. The van der Waals surface area contributed by atoms with Gasteiger partial charge in [0.05, 0.1) is 0 Å². The van der Waals surface area contributed by atoms with Gasteiger partial charge < -0.3 is 59.4 Å². The molecule has 0 aromatic rings. The van der Waals surface area contributed by atoms with Crippen LogP contribution in [0.2, 0.25) is 0 Å². The van der Waals surface area contributed by atoms with Crippen molar-refractivity contribution in [1.29, 1.82) is 0 Å². The largest absolute Gasteiger partial charge is 2.00 e. The molecule has 0 bridgehead atoms. The second-order valence-corrected chi connectivity index (χ2v) is 3.73. The van der Waals surface area contributed by atoms with Gasteiger partial charge in [0.1, 0.15) is 0 Å². The monoisotopic (exact) mass is 468 g/mol. The van der Waals surface area contributed by atoms with E-state index in [-0.39, 0.29) is 113 Å². The predicted molar refractivity (Wildman–Crippen MR) is 75.0 cm³/mol. The number of hydrogen-bond donors (Lipinski definition) is 0. The summed E-state index contributed by atoms with van der Waals surface area (Å²) in [5.74, 6) is -8.20. The zero-order valence-corrected chi connectivity index (χ0v) is 20.9. The van der Waals surface area contributed by atoms with Crippen LogP contribution in [-0.4, -0.2) is 149 Å². The second kappa shape index (κ2) is 28.8. The van der Waals surface area contributed by atoms with Crippen molar-refractivity contribution in [2.24, 2.45) is 0 Å². The summed E-state index contributed by atoms with van der Waals surface area (Å²) in [4.78, 5) is 57.0. The third kappa shape index (κ3) is 66.1.